The van der Waals surface area contributed by atoms with Gasteiger partial charge in [0.15, 0.2) is 0 Å². The first-order valence-electron chi connectivity index (χ1n) is 9.25. The van der Waals surface area contributed by atoms with E-state index in [9.17, 15) is 9.18 Å². The van der Waals surface area contributed by atoms with Crippen LogP contribution in [0.25, 0.3) is 0 Å². The van der Waals surface area contributed by atoms with Gasteiger partial charge in [0, 0.05) is 24.2 Å². The minimum Gasteiger partial charge on any atom is -0.489 e. The smallest absolute Gasteiger partial charge is 0.227 e. The highest BCUT2D eigenvalue weighted by Crippen LogP contribution is 2.23. The summed E-state index contributed by atoms with van der Waals surface area (Å²) >= 11 is 0. The number of carbonyl (C=O) groups excluding carboxylic acids is 1. The van der Waals surface area contributed by atoms with Crippen molar-refractivity contribution in [3.05, 3.63) is 72.6 Å². The van der Waals surface area contributed by atoms with Crippen LogP contribution in [0.4, 0.5) is 10.1 Å². The number of piperidine rings is 1. The van der Waals surface area contributed by atoms with E-state index in [1.54, 1.807) is 6.08 Å². The summed E-state index contributed by atoms with van der Waals surface area (Å²) in [5.74, 6) is 0.555. The van der Waals surface area contributed by atoms with Gasteiger partial charge in [-0.1, -0.05) is 30.9 Å². The summed E-state index contributed by atoms with van der Waals surface area (Å²) in [6, 6.07) is 14.0. The van der Waals surface area contributed by atoms with Gasteiger partial charge >= 0.3 is 0 Å². The minimum absolute atomic E-state index is 0.00668. The van der Waals surface area contributed by atoms with E-state index in [0.29, 0.717) is 12.4 Å². The number of carbonyl (C=O) groups is 1. The van der Waals surface area contributed by atoms with E-state index >= 15 is 0 Å². The normalized spacial score (nSPS) is 15.3. The molecule has 5 heteroatoms. The lowest BCUT2D eigenvalue weighted by Gasteiger charge is -2.31. The van der Waals surface area contributed by atoms with E-state index in [-0.39, 0.29) is 17.6 Å². The summed E-state index contributed by atoms with van der Waals surface area (Å²) < 4.78 is 18.5. The number of nitrogens with one attached hydrogen (secondary N) is 1. The topological polar surface area (TPSA) is 41.6 Å². The lowest BCUT2D eigenvalue weighted by molar-refractivity contribution is -0.121. The van der Waals surface area contributed by atoms with E-state index in [1.165, 1.54) is 12.1 Å². The Bertz CT molecular complexity index is 768. The largest absolute Gasteiger partial charge is 0.489 e. The predicted octanol–water partition coefficient (Wildman–Crippen LogP) is 4.24. The molecule has 1 heterocycles. The van der Waals surface area contributed by atoms with Crippen molar-refractivity contribution in [2.45, 2.75) is 19.4 Å². The summed E-state index contributed by atoms with van der Waals surface area (Å²) in [7, 11) is 0. The molecule has 4 nitrogen and oxygen atoms in total. The zero-order chi connectivity index (χ0) is 19.1. The Morgan fingerprint density at radius 2 is 1.96 bits per heavy atom. The van der Waals surface area contributed by atoms with Crippen molar-refractivity contribution in [1.29, 1.82) is 0 Å². The van der Waals surface area contributed by atoms with Crippen molar-refractivity contribution >= 4 is 11.6 Å². The van der Waals surface area contributed by atoms with Crippen molar-refractivity contribution in [3.63, 3.8) is 0 Å². The number of anilines is 1. The third-order valence-corrected chi connectivity index (χ3v) is 4.75. The van der Waals surface area contributed by atoms with Crippen LogP contribution in [0, 0.1) is 11.7 Å². The third kappa shape index (κ3) is 5.66. The highest BCUT2D eigenvalue weighted by Gasteiger charge is 2.25. The van der Waals surface area contributed by atoms with Crippen molar-refractivity contribution in [1.82, 2.24) is 4.90 Å². The number of hydrogen-bond acceptors (Lipinski definition) is 3. The van der Waals surface area contributed by atoms with Gasteiger partial charge in [-0.25, -0.2) is 4.39 Å². The first-order valence-corrected chi connectivity index (χ1v) is 9.25. The fourth-order valence-electron chi connectivity index (χ4n) is 3.26. The van der Waals surface area contributed by atoms with Crippen LogP contribution < -0.4 is 10.1 Å². The summed E-state index contributed by atoms with van der Waals surface area (Å²) in [5.41, 5.74) is 1.84. The summed E-state index contributed by atoms with van der Waals surface area (Å²) in [5, 5.41) is 2.99. The molecule has 0 bridgehead atoms. The van der Waals surface area contributed by atoms with Gasteiger partial charge in [0.2, 0.25) is 5.91 Å². The average molecular weight is 368 g/mol. The molecule has 3 rings (SSSR count). The highest BCUT2D eigenvalue weighted by atomic mass is 19.1. The Morgan fingerprint density at radius 1 is 1.22 bits per heavy atom. The second-order valence-corrected chi connectivity index (χ2v) is 6.79. The number of nitrogens with zero attached hydrogens (tertiary/aromatic N) is 1. The van der Waals surface area contributed by atoms with Gasteiger partial charge in [-0.3, -0.25) is 9.69 Å². The first-order chi connectivity index (χ1) is 13.1. The molecular formula is C22H25FN2O2. The Hall–Kier alpha value is -2.66. The summed E-state index contributed by atoms with van der Waals surface area (Å²) in [6.45, 7) is 6.57. The maximum atomic E-state index is 13.0. The van der Waals surface area contributed by atoms with E-state index in [0.717, 1.165) is 43.7 Å². The second kappa shape index (κ2) is 9.33. The molecule has 27 heavy (non-hydrogen) atoms. The fourth-order valence-corrected chi connectivity index (χ4v) is 3.26. The molecule has 0 aromatic heterocycles. The zero-order valence-corrected chi connectivity index (χ0v) is 15.4. The van der Waals surface area contributed by atoms with Crippen molar-refractivity contribution in [2.75, 3.05) is 25.0 Å². The van der Waals surface area contributed by atoms with Crippen LogP contribution in [0.15, 0.2) is 61.2 Å². The predicted molar refractivity (Wildman–Crippen MR) is 105 cm³/mol. The standard InChI is InChI=1S/C22H25FN2O2/c1-2-14-27-21-5-3-4-20(15-21)24-22(26)18-10-12-25(13-11-18)16-17-6-8-19(23)9-7-17/h2-9,15,18H,1,10-14,16H2,(H,24,26). The quantitative estimate of drug-likeness (QED) is 0.743. The Morgan fingerprint density at radius 3 is 2.67 bits per heavy atom. The molecule has 0 aliphatic carbocycles. The number of ether oxygens (including phenoxy) is 1. The van der Waals surface area contributed by atoms with Crippen molar-refractivity contribution in [2.24, 2.45) is 5.92 Å². The van der Waals surface area contributed by atoms with Gasteiger partial charge in [-0.15, -0.1) is 0 Å². The molecule has 0 atom stereocenters. The molecule has 142 valence electrons. The molecule has 0 unspecified atom stereocenters. The SMILES string of the molecule is C=CCOc1cccc(NC(=O)C2CCN(Cc3ccc(F)cc3)CC2)c1. The number of rotatable bonds is 7. The van der Waals surface area contributed by atoms with Gasteiger partial charge in [0.25, 0.3) is 0 Å². The van der Waals surface area contributed by atoms with Gasteiger partial charge < -0.3 is 10.1 Å². The molecule has 1 N–H and O–H groups in total. The van der Waals surface area contributed by atoms with Gasteiger partial charge in [-0.2, -0.15) is 0 Å². The summed E-state index contributed by atoms with van der Waals surface area (Å²) in [6.07, 6.45) is 3.32. The molecule has 0 saturated carbocycles. The Kier molecular flexibility index (Phi) is 6.60. The van der Waals surface area contributed by atoms with Gasteiger partial charge in [0.05, 0.1) is 0 Å². The van der Waals surface area contributed by atoms with Crippen molar-refractivity contribution < 1.29 is 13.9 Å². The number of likely N-dealkylation sites (tertiary alicyclic amines) is 1. The maximum absolute atomic E-state index is 13.0. The Labute approximate surface area is 159 Å². The number of hydrogen-bond donors (Lipinski definition) is 1. The van der Waals surface area contributed by atoms with E-state index in [4.69, 9.17) is 4.74 Å². The minimum atomic E-state index is -0.215. The molecule has 1 aliphatic rings. The van der Waals surface area contributed by atoms with Crippen LogP contribution in [0.1, 0.15) is 18.4 Å². The Balaban J connectivity index is 1.48. The van der Waals surface area contributed by atoms with Crippen LogP contribution in [0.5, 0.6) is 5.75 Å². The third-order valence-electron chi connectivity index (χ3n) is 4.75. The molecule has 1 amide bonds. The number of benzene rings is 2. The first kappa shape index (κ1) is 19.1. The molecular weight excluding hydrogens is 343 g/mol. The van der Waals surface area contributed by atoms with Gasteiger partial charge in [-0.05, 0) is 55.8 Å². The second-order valence-electron chi connectivity index (χ2n) is 6.79. The number of halogens is 1. The molecule has 2 aromatic rings. The summed E-state index contributed by atoms with van der Waals surface area (Å²) in [4.78, 5) is 14.9. The zero-order valence-electron chi connectivity index (χ0n) is 15.4. The van der Waals surface area contributed by atoms with Crippen LogP contribution in [-0.2, 0) is 11.3 Å². The van der Waals surface area contributed by atoms with E-state index in [2.05, 4.69) is 16.8 Å². The average Bonchev–Trinajstić information content (AvgIpc) is 2.69. The molecule has 1 aliphatic heterocycles. The lowest BCUT2D eigenvalue weighted by atomic mass is 9.95. The molecule has 1 saturated heterocycles. The van der Waals surface area contributed by atoms with Crippen LogP contribution >= 0.6 is 0 Å². The number of amides is 1. The van der Waals surface area contributed by atoms with Crippen LogP contribution in [0.3, 0.4) is 0 Å². The maximum Gasteiger partial charge on any atom is 0.227 e. The van der Waals surface area contributed by atoms with Crippen molar-refractivity contribution in [3.8, 4) is 5.75 Å². The molecule has 0 spiro atoms. The van der Waals surface area contributed by atoms with Crippen LogP contribution in [-0.4, -0.2) is 30.5 Å². The van der Waals surface area contributed by atoms with E-state index in [1.807, 2.05) is 36.4 Å². The molecule has 2 aromatic carbocycles. The molecule has 1 fully saturated rings. The van der Waals surface area contributed by atoms with Gasteiger partial charge in [0.1, 0.15) is 18.2 Å². The molecule has 0 radical (unpaired) electrons. The lowest BCUT2D eigenvalue weighted by Crippen LogP contribution is -2.37. The van der Waals surface area contributed by atoms with Crippen LogP contribution in [0.2, 0.25) is 0 Å². The van der Waals surface area contributed by atoms with E-state index < -0.39 is 0 Å². The monoisotopic (exact) mass is 368 g/mol. The highest BCUT2D eigenvalue weighted by molar-refractivity contribution is 5.92. The fraction of sp³-hybridized carbons (Fsp3) is 0.318.